The summed E-state index contributed by atoms with van der Waals surface area (Å²) in [6, 6.07) is 11.4. The second-order valence-electron chi connectivity index (χ2n) is 5.69. The van der Waals surface area contributed by atoms with E-state index in [1.807, 2.05) is 62.4 Å². The summed E-state index contributed by atoms with van der Waals surface area (Å²) in [7, 11) is 0. The van der Waals surface area contributed by atoms with Crippen molar-refractivity contribution >= 4 is 38.4 Å². The molecule has 4 rings (SSSR count). The van der Waals surface area contributed by atoms with Crippen LogP contribution in [0.4, 0.5) is 0 Å². The Morgan fingerprint density at radius 1 is 0.773 bits per heavy atom. The Kier molecular flexibility index (Phi) is 2.58. The zero-order valence-corrected chi connectivity index (χ0v) is 12.4. The number of allylic oxidation sites excluding steroid dienone is 1. The highest BCUT2D eigenvalue weighted by Crippen LogP contribution is 2.30. The van der Waals surface area contributed by atoms with Gasteiger partial charge in [0.1, 0.15) is 0 Å². The zero-order valence-electron chi connectivity index (χ0n) is 12.4. The maximum atomic E-state index is 12.6. The van der Waals surface area contributed by atoms with Gasteiger partial charge in [0.2, 0.25) is 0 Å². The maximum absolute atomic E-state index is 12.6. The van der Waals surface area contributed by atoms with Gasteiger partial charge in [-0.15, -0.1) is 0 Å². The first-order valence-electron chi connectivity index (χ1n) is 7.34. The molecule has 0 heterocycles. The second kappa shape index (κ2) is 4.38. The molecule has 0 saturated carbocycles. The molecule has 4 aromatic carbocycles. The molecule has 4 aromatic rings. The molecule has 0 N–H and O–H groups in total. The van der Waals surface area contributed by atoms with Crippen molar-refractivity contribution in [2.75, 3.05) is 0 Å². The lowest BCUT2D eigenvalue weighted by Gasteiger charge is -1.95. The molecule has 0 saturated heterocycles. The Hall–Kier alpha value is -2.74. The van der Waals surface area contributed by atoms with E-state index in [0.717, 1.165) is 32.7 Å². The fraction of sp³-hybridized carbons (Fsp3) is 0.100. The predicted molar refractivity (Wildman–Crippen MR) is 93.3 cm³/mol. The molecule has 0 aliphatic heterocycles. The third-order valence-corrected chi connectivity index (χ3v) is 4.49. The molecule has 0 radical (unpaired) electrons. The van der Waals surface area contributed by atoms with Crippen LogP contribution in [0.1, 0.15) is 18.1 Å². The highest BCUT2D eigenvalue weighted by Gasteiger charge is 2.16. The second-order valence-corrected chi connectivity index (χ2v) is 5.69. The molecule has 0 aliphatic rings. The summed E-state index contributed by atoms with van der Waals surface area (Å²) in [6.07, 6.45) is 3.72. The van der Waals surface area contributed by atoms with Gasteiger partial charge < -0.3 is 0 Å². The van der Waals surface area contributed by atoms with Gasteiger partial charge in [-0.25, -0.2) is 0 Å². The number of hydrogen-bond donors (Lipinski definition) is 0. The summed E-state index contributed by atoms with van der Waals surface area (Å²) in [5.74, 6) is 0. The summed E-state index contributed by atoms with van der Waals surface area (Å²) < 4.78 is 0. The van der Waals surface area contributed by atoms with Gasteiger partial charge in [0, 0.05) is 21.7 Å². The minimum Gasteiger partial charge on any atom is -0.289 e. The molecule has 2 heteroatoms. The first-order valence-corrected chi connectivity index (χ1v) is 7.34. The monoisotopic (exact) mass is 286 g/mol. The number of benzene rings is 2. The topological polar surface area (TPSA) is 34.1 Å². The van der Waals surface area contributed by atoms with Crippen LogP contribution in [0.3, 0.4) is 0 Å². The van der Waals surface area contributed by atoms with E-state index in [2.05, 4.69) is 0 Å². The first-order chi connectivity index (χ1) is 10.6. The van der Waals surface area contributed by atoms with Crippen molar-refractivity contribution in [1.29, 1.82) is 0 Å². The predicted octanol–water partition coefficient (Wildman–Crippen LogP) is 4.08. The zero-order chi connectivity index (χ0) is 15.4. The van der Waals surface area contributed by atoms with Gasteiger partial charge in [0.25, 0.3) is 0 Å². The van der Waals surface area contributed by atoms with Crippen LogP contribution >= 0.6 is 0 Å². The van der Waals surface area contributed by atoms with E-state index in [4.69, 9.17) is 0 Å². The lowest BCUT2D eigenvalue weighted by Crippen LogP contribution is -1.98. The highest BCUT2D eigenvalue weighted by atomic mass is 16.1. The number of aryl methyl sites for hydroxylation is 1. The van der Waals surface area contributed by atoms with Crippen LogP contribution in [-0.4, -0.2) is 0 Å². The number of fused-ring (bicyclic) bond motifs is 4. The standard InChI is InChI=1S/C20H14O2/c1-3-6-12-11(2)15-9-18-16(10-17(15)19(12)21)13-7-4-5-8-14(13)20(18)22/h3-10H,1-2H3/b6-3-. The maximum Gasteiger partial charge on any atom is 0.194 e. The van der Waals surface area contributed by atoms with Crippen molar-refractivity contribution in [1.82, 2.24) is 0 Å². The normalized spacial score (nSPS) is 12.3. The van der Waals surface area contributed by atoms with Crippen molar-refractivity contribution in [2.45, 2.75) is 13.8 Å². The quantitative estimate of drug-likeness (QED) is 0.528. The molecule has 0 aromatic heterocycles. The molecule has 0 unspecified atom stereocenters. The van der Waals surface area contributed by atoms with Crippen molar-refractivity contribution in [3.05, 3.63) is 74.0 Å². The van der Waals surface area contributed by atoms with E-state index in [0.29, 0.717) is 10.8 Å². The molecule has 106 valence electrons. The molecule has 0 amide bonds. The van der Waals surface area contributed by atoms with Crippen LogP contribution in [0, 0.1) is 6.92 Å². The summed E-state index contributed by atoms with van der Waals surface area (Å²) in [6.45, 7) is 3.84. The Morgan fingerprint density at radius 3 is 2.14 bits per heavy atom. The van der Waals surface area contributed by atoms with Gasteiger partial charge in [-0.2, -0.15) is 0 Å². The van der Waals surface area contributed by atoms with Gasteiger partial charge >= 0.3 is 0 Å². The van der Waals surface area contributed by atoms with Crippen LogP contribution in [0.5, 0.6) is 0 Å². The van der Waals surface area contributed by atoms with Gasteiger partial charge in [0.15, 0.2) is 10.9 Å². The molecule has 0 spiro atoms. The van der Waals surface area contributed by atoms with E-state index in [-0.39, 0.29) is 10.9 Å². The summed E-state index contributed by atoms with van der Waals surface area (Å²) in [5, 5.41) is 4.82. The third kappa shape index (κ3) is 1.49. The molecule has 0 bridgehead atoms. The summed E-state index contributed by atoms with van der Waals surface area (Å²) in [4.78, 5) is 25.2. The largest absolute Gasteiger partial charge is 0.289 e. The van der Waals surface area contributed by atoms with Crippen molar-refractivity contribution in [3.8, 4) is 0 Å². The Balaban J connectivity index is 2.29. The van der Waals surface area contributed by atoms with E-state index in [1.54, 1.807) is 0 Å². The van der Waals surface area contributed by atoms with Crippen molar-refractivity contribution in [3.63, 3.8) is 0 Å². The number of hydrogen-bond acceptors (Lipinski definition) is 2. The van der Waals surface area contributed by atoms with Gasteiger partial charge in [-0.05, 0) is 47.7 Å². The van der Waals surface area contributed by atoms with E-state index >= 15 is 0 Å². The van der Waals surface area contributed by atoms with Crippen molar-refractivity contribution in [2.24, 2.45) is 0 Å². The minimum atomic E-state index is 0.0465. The van der Waals surface area contributed by atoms with E-state index in [1.165, 1.54) is 0 Å². The molecular weight excluding hydrogens is 272 g/mol. The molecule has 22 heavy (non-hydrogen) atoms. The fourth-order valence-corrected chi connectivity index (χ4v) is 3.40. The molecule has 2 nitrogen and oxygen atoms in total. The fourth-order valence-electron chi connectivity index (χ4n) is 3.40. The Morgan fingerprint density at radius 2 is 1.41 bits per heavy atom. The van der Waals surface area contributed by atoms with Crippen LogP contribution in [-0.2, 0) is 0 Å². The summed E-state index contributed by atoms with van der Waals surface area (Å²) >= 11 is 0. The average Bonchev–Trinajstić information content (AvgIpc) is 2.95. The number of rotatable bonds is 1. The van der Waals surface area contributed by atoms with Gasteiger partial charge in [-0.3, -0.25) is 9.59 Å². The average molecular weight is 286 g/mol. The Bertz CT molecular complexity index is 1170. The van der Waals surface area contributed by atoms with Crippen LogP contribution < -0.4 is 10.9 Å². The minimum absolute atomic E-state index is 0.0465. The SMILES string of the molecule is C/C=C\c1c(C)c2cc3c(=O)c4ccccc4c3cc2c1=O. The van der Waals surface area contributed by atoms with Gasteiger partial charge in [-0.1, -0.05) is 36.4 Å². The smallest absolute Gasteiger partial charge is 0.194 e. The lowest BCUT2D eigenvalue weighted by atomic mass is 10.1. The molecular formula is C20H14O2. The molecule has 0 atom stereocenters. The molecule has 0 aliphatic carbocycles. The Labute approximate surface area is 127 Å². The first kappa shape index (κ1) is 13.0. The van der Waals surface area contributed by atoms with Crippen LogP contribution in [0.2, 0.25) is 0 Å². The van der Waals surface area contributed by atoms with E-state index in [9.17, 15) is 9.59 Å². The third-order valence-electron chi connectivity index (χ3n) is 4.49. The lowest BCUT2D eigenvalue weighted by molar-refractivity contribution is 1.52. The van der Waals surface area contributed by atoms with E-state index < -0.39 is 0 Å². The van der Waals surface area contributed by atoms with Crippen LogP contribution in [0.15, 0.2) is 52.1 Å². The van der Waals surface area contributed by atoms with Crippen molar-refractivity contribution < 1.29 is 0 Å². The van der Waals surface area contributed by atoms with Gasteiger partial charge in [0.05, 0.1) is 0 Å². The highest BCUT2D eigenvalue weighted by molar-refractivity contribution is 6.16. The van der Waals surface area contributed by atoms with Crippen LogP contribution in [0.25, 0.3) is 38.4 Å². The summed E-state index contributed by atoms with van der Waals surface area (Å²) in [5.41, 5.74) is 1.77. The molecule has 0 fully saturated rings.